The molecule has 6 heteroatoms. The Balaban J connectivity index is 1.92. The lowest BCUT2D eigenvalue weighted by Crippen LogP contribution is -2.25. The fourth-order valence-corrected chi connectivity index (χ4v) is 2.56. The molecule has 0 saturated carbocycles. The van der Waals surface area contributed by atoms with E-state index in [2.05, 4.69) is 34.3 Å². The van der Waals surface area contributed by atoms with Gasteiger partial charge < -0.3 is 14.6 Å². The SMILES string of the molecule is CC(C)NCc1nnc(N2CCCSCC2)o1. The fraction of sp³-hybridized carbons (Fsp3) is 0.818. The normalized spacial score (nSPS) is 17.5. The molecule has 2 rings (SSSR count). The molecule has 5 nitrogen and oxygen atoms in total. The lowest BCUT2D eigenvalue weighted by atomic mass is 10.4. The van der Waals surface area contributed by atoms with Gasteiger partial charge in [-0.15, -0.1) is 5.10 Å². The Bertz CT molecular complexity index is 334. The topological polar surface area (TPSA) is 54.2 Å². The minimum atomic E-state index is 0.430. The van der Waals surface area contributed by atoms with Crippen LogP contribution < -0.4 is 10.2 Å². The maximum absolute atomic E-state index is 5.66. The molecule has 1 N–H and O–H groups in total. The molecular formula is C11H20N4OS. The van der Waals surface area contributed by atoms with Gasteiger partial charge in [0.25, 0.3) is 0 Å². The summed E-state index contributed by atoms with van der Waals surface area (Å²) < 4.78 is 5.66. The molecule has 0 amide bonds. The van der Waals surface area contributed by atoms with E-state index in [1.807, 2.05) is 11.8 Å². The molecule has 0 unspecified atom stereocenters. The summed E-state index contributed by atoms with van der Waals surface area (Å²) in [5.41, 5.74) is 0. The van der Waals surface area contributed by atoms with Gasteiger partial charge in [-0.1, -0.05) is 18.9 Å². The predicted octanol–water partition coefficient (Wildman–Crippen LogP) is 1.51. The number of anilines is 1. The summed E-state index contributed by atoms with van der Waals surface area (Å²) >= 11 is 1.99. The van der Waals surface area contributed by atoms with Gasteiger partial charge in [0.05, 0.1) is 6.54 Å². The van der Waals surface area contributed by atoms with Gasteiger partial charge in [-0.05, 0) is 12.2 Å². The maximum atomic E-state index is 5.66. The van der Waals surface area contributed by atoms with E-state index < -0.39 is 0 Å². The first-order valence-corrected chi connectivity index (χ1v) is 7.29. The molecule has 1 saturated heterocycles. The molecule has 0 atom stereocenters. The third kappa shape index (κ3) is 3.89. The minimum absolute atomic E-state index is 0.430. The van der Waals surface area contributed by atoms with E-state index >= 15 is 0 Å². The molecule has 0 bridgehead atoms. The Kier molecular flexibility index (Phi) is 4.67. The van der Waals surface area contributed by atoms with E-state index in [1.54, 1.807) is 0 Å². The second-order valence-electron chi connectivity index (χ2n) is 4.47. The van der Waals surface area contributed by atoms with E-state index in [-0.39, 0.29) is 0 Å². The zero-order chi connectivity index (χ0) is 12.1. The van der Waals surface area contributed by atoms with E-state index in [0.717, 1.165) is 18.8 Å². The van der Waals surface area contributed by atoms with E-state index in [9.17, 15) is 0 Å². The van der Waals surface area contributed by atoms with Gasteiger partial charge in [0.15, 0.2) is 0 Å². The Labute approximate surface area is 106 Å². The highest BCUT2D eigenvalue weighted by Gasteiger charge is 2.16. The van der Waals surface area contributed by atoms with Crippen molar-refractivity contribution in [2.75, 3.05) is 29.5 Å². The molecule has 96 valence electrons. The van der Waals surface area contributed by atoms with Crippen LogP contribution in [0.25, 0.3) is 0 Å². The lowest BCUT2D eigenvalue weighted by molar-refractivity contribution is 0.447. The molecule has 0 radical (unpaired) electrons. The van der Waals surface area contributed by atoms with Gasteiger partial charge in [-0.3, -0.25) is 0 Å². The summed E-state index contributed by atoms with van der Waals surface area (Å²) in [4.78, 5) is 2.19. The molecule has 2 heterocycles. The van der Waals surface area contributed by atoms with Gasteiger partial charge in [-0.2, -0.15) is 11.8 Å². The third-order valence-electron chi connectivity index (χ3n) is 2.61. The molecule has 1 aliphatic rings. The van der Waals surface area contributed by atoms with E-state index in [4.69, 9.17) is 4.42 Å². The van der Waals surface area contributed by atoms with Crippen LogP contribution in [-0.4, -0.2) is 40.8 Å². The Morgan fingerprint density at radius 3 is 3.06 bits per heavy atom. The van der Waals surface area contributed by atoms with Crippen LogP contribution in [0.4, 0.5) is 6.01 Å². The first kappa shape index (κ1) is 12.7. The number of hydrogen-bond acceptors (Lipinski definition) is 6. The van der Waals surface area contributed by atoms with Crippen LogP contribution in [0.5, 0.6) is 0 Å². The number of rotatable bonds is 4. The molecule has 1 aromatic heterocycles. The van der Waals surface area contributed by atoms with Crippen molar-refractivity contribution in [3.63, 3.8) is 0 Å². The molecule has 1 fully saturated rings. The first-order chi connectivity index (χ1) is 8.25. The molecule has 0 spiro atoms. The summed E-state index contributed by atoms with van der Waals surface area (Å²) in [7, 11) is 0. The van der Waals surface area contributed by atoms with Gasteiger partial charge >= 0.3 is 6.01 Å². The van der Waals surface area contributed by atoms with Gasteiger partial charge in [-0.25, -0.2) is 0 Å². The number of hydrogen-bond donors (Lipinski definition) is 1. The minimum Gasteiger partial charge on any atom is -0.407 e. The highest BCUT2D eigenvalue weighted by molar-refractivity contribution is 7.99. The zero-order valence-electron chi connectivity index (χ0n) is 10.5. The second-order valence-corrected chi connectivity index (χ2v) is 5.69. The van der Waals surface area contributed by atoms with Crippen LogP contribution in [0, 0.1) is 0 Å². The van der Waals surface area contributed by atoms with Crippen molar-refractivity contribution in [2.24, 2.45) is 0 Å². The first-order valence-electron chi connectivity index (χ1n) is 6.14. The second kappa shape index (κ2) is 6.26. The molecule has 1 aliphatic heterocycles. The number of nitrogens with zero attached hydrogens (tertiary/aromatic N) is 3. The molecule has 0 aliphatic carbocycles. The average Bonchev–Trinajstić information content (AvgIpc) is 2.60. The van der Waals surface area contributed by atoms with E-state index in [1.165, 1.54) is 12.2 Å². The largest absolute Gasteiger partial charge is 0.407 e. The van der Waals surface area contributed by atoms with Crippen LogP contribution in [-0.2, 0) is 6.54 Å². The van der Waals surface area contributed by atoms with Crippen molar-refractivity contribution in [1.29, 1.82) is 0 Å². The summed E-state index contributed by atoms with van der Waals surface area (Å²) in [6.07, 6.45) is 1.19. The number of aromatic nitrogens is 2. The van der Waals surface area contributed by atoms with Crippen molar-refractivity contribution in [3.05, 3.63) is 5.89 Å². The summed E-state index contributed by atoms with van der Waals surface area (Å²) in [5.74, 6) is 3.04. The Hall–Kier alpha value is -0.750. The van der Waals surface area contributed by atoms with Crippen LogP contribution in [0.3, 0.4) is 0 Å². The molecule has 17 heavy (non-hydrogen) atoms. The Morgan fingerprint density at radius 1 is 1.35 bits per heavy atom. The van der Waals surface area contributed by atoms with Crippen molar-refractivity contribution in [3.8, 4) is 0 Å². The summed E-state index contributed by atoms with van der Waals surface area (Å²) in [6, 6.07) is 1.10. The van der Waals surface area contributed by atoms with Crippen molar-refractivity contribution in [1.82, 2.24) is 15.5 Å². The van der Waals surface area contributed by atoms with Crippen LogP contribution >= 0.6 is 11.8 Å². The van der Waals surface area contributed by atoms with Crippen molar-refractivity contribution >= 4 is 17.8 Å². The molecular weight excluding hydrogens is 236 g/mol. The highest BCUT2D eigenvalue weighted by atomic mass is 32.2. The average molecular weight is 256 g/mol. The highest BCUT2D eigenvalue weighted by Crippen LogP contribution is 2.17. The Morgan fingerprint density at radius 2 is 2.24 bits per heavy atom. The lowest BCUT2D eigenvalue weighted by Gasteiger charge is -2.15. The monoisotopic (exact) mass is 256 g/mol. The van der Waals surface area contributed by atoms with Crippen LogP contribution in [0.15, 0.2) is 4.42 Å². The maximum Gasteiger partial charge on any atom is 0.318 e. The standard InChI is InChI=1S/C11H20N4OS/c1-9(2)12-8-10-13-14-11(16-10)15-4-3-6-17-7-5-15/h9,12H,3-8H2,1-2H3. The van der Waals surface area contributed by atoms with Gasteiger partial charge in [0.2, 0.25) is 5.89 Å². The van der Waals surface area contributed by atoms with Crippen LogP contribution in [0.1, 0.15) is 26.2 Å². The third-order valence-corrected chi connectivity index (χ3v) is 3.66. The predicted molar refractivity (Wildman–Crippen MR) is 70.4 cm³/mol. The van der Waals surface area contributed by atoms with Gasteiger partial charge in [0, 0.05) is 24.9 Å². The smallest absolute Gasteiger partial charge is 0.318 e. The number of thioether (sulfide) groups is 1. The number of nitrogens with one attached hydrogen (secondary N) is 1. The summed E-state index contributed by atoms with van der Waals surface area (Å²) in [5, 5.41) is 11.5. The van der Waals surface area contributed by atoms with E-state index in [0.29, 0.717) is 24.5 Å². The fourth-order valence-electron chi connectivity index (χ4n) is 1.67. The van der Waals surface area contributed by atoms with Crippen molar-refractivity contribution < 1.29 is 4.42 Å². The van der Waals surface area contributed by atoms with Crippen LogP contribution in [0.2, 0.25) is 0 Å². The van der Waals surface area contributed by atoms with Crippen molar-refractivity contribution in [2.45, 2.75) is 32.9 Å². The molecule has 0 aromatic carbocycles. The quantitative estimate of drug-likeness (QED) is 0.881. The van der Waals surface area contributed by atoms with Gasteiger partial charge in [0.1, 0.15) is 0 Å². The zero-order valence-corrected chi connectivity index (χ0v) is 11.3. The molecule has 1 aromatic rings. The summed E-state index contributed by atoms with van der Waals surface area (Å²) in [6.45, 7) is 6.87.